The lowest BCUT2D eigenvalue weighted by molar-refractivity contribution is -0.140. The van der Waals surface area contributed by atoms with Gasteiger partial charge >= 0.3 is 5.97 Å². The molecule has 0 aromatic rings. The molecule has 1 aliphatic heterocycles. The number of allylic oxidation sites excluding steroid dienone is 3. The standard InChI is InChI=1S/C34H52O6/c1-6-7-11-26-23(4)33(38)40-30(26)19-21(2)27-14-15-28-24(10-8-16-34(27,28)5)12-13-25-20-29(36)32(31(37)22(25)3)39-18-9-17-35/h12-13,21,26-32,35-37H,3-4,6-11,14-20H2,1-2,5H3/b24-12-,25-13+/t21?,26?,27-,28+,29?,30?,31?,32?,34-/m1/s1. The van der Waals surface area contributed by atoms with Crippen molar-refractivity contribution in [3.05, 3.63) is 47.6 Å². The first-order valence-electron chi connectivity index (χ1n) is 15.7. The fourth-order valence-electron chi connectivity index (χ4n) is 8.35. The van der Waals surface area contributed by atoms with Gasteiger partial charge in [-0.05, 0) is 85.7 Å². The predicted octanol–water partition coefficient (Wildman–Crippen LogP) is 5.82. The topological polar surface area (TPSA) is 96.2 Å². The van der Waals surface area contributed by atoms with E-state index in [1.54, 1.807) is 0 Å². The third-order valence-electron chi connectivity index (χ3n) is 10.6. The van der Waals surface area contributed by atoms with Crippen molar-refractivity contribution in [2.75, 3.05) is 13.2 Å². The summed E-state index contributed by atoms with van der Waals surface area (Å²) in [5, 5.41) is 30.5. The molecule has 224 valence electrons. The van der Waals surface area contributed by atoms with Crippen LogP contribution in [0.2, 0.25) is 0 Å². The lowest BCUT2D eigenvalue weighted by Gasteiger charge is -2.45. The largest absolute Gasteiger partial charge is 0.458 e. The first-order chi connectivity index (χ1) is 19.1. The van der Waals surface area contributed by atoms with Gasteiger partial charge in [-0.15, -0.1) is 0 Å². The van der Waals surface area contributed by atoms with E-state index in [1.807, 2.05) is 0 Å². The smallest absolute Gasteiger partial charge is 0.334 e. The van der Waals surface area contributed by atoms with Crippen molar-refractivity contribution >= 4 is 5.97 Å². The summed E-state index contributed by atoms with van der Waals surface area (Å²) in [6.45, 7) is 15.5. The molecule has 0 amide bonds. The van der Waals surface area contributed by atoms with Crippen LogP contribution in [-0.4, -0.2) is 58.9 Å². The van der Waals surface area contributed by atoms with Gasteiger partial charge in [-0.25, -0.2) is 4.79 Å². The van der Waals surface area contributed by atoms with E-state index in [-0.39, 0.29) is 30.0 Å². The monoisotopic (exact) mass is 556 g/mol. The molecule has 4 aliphatic rings. The Hall–Kier alpha value is -1.73. The molecule has 4 fully saturated rings. The second kappa shape index (κ2) is 13.5. The molecule has 0 radical (unpaired) electrons. The maximum atomic E-state index is 12.3. The highest BCUT2D eigenvalue weighted by Gasteiger charge is 2.51. The minimum Gasteiger partial charge on any atom is -0.458 e. The predicted molar refractivity (Wildman–Crippen MR) is 157 cm³/mol. The van der Waals surface area contributed by atoms with Crippen molar-refractivity contribution in [3.8, 4) is 0 Å². The van der Waals surface area contributed by atoms with Gasteiger partial charge in [0, 0.05) is 31.1 Å². The number of aliphatic hydroxyl groups excluding tert-OH is 3. The van der Waals surface area contributed by atoms with Gasteiger partial charge in [0.25, 0.3) is 0 Å². The second-order valence-electron chi connectivity index (χ2n) is 13.1. The third-order valence-corrected chi connectivity index (χ3v) is 10.6. The lowest BCUT2D eigenvalue weighted by Crippen LogP contribution is -2.45. The third kappa shape index (κ3) is 6.35. The SMILES string of the molecule is C=C1/C(=C/C=C2/CCC[C@]3(C)[C@@H](C(C)CC4OC(=O)C(=C)C4CCCC)CC[C@@H]23)CC(O)C(OCCCO)C1O. The second-order valence-corrected chi connectivity index (χ2v) is 13.1. The zero-order valence-corrected chi connectivity index (χ0v) is 24.9. The summed E-state index contributed by atoms with van der Waals surface area (Å²) < 4.78 is 11.5. The van der Waals surface area contributed by atoms with E-state index in [9.17, 15) is 15.0 Å². The zero-order chi connectivity index (χ0) is 29.0. The molecule has 6 unspecified atom stereocenters. The van der Waals surface area contributed by atoms with Gasteiger partial charge in [0.1, 0.15) is 18.3 Å². The Kier molecular flexibility index (Phi) is 10.5. The molecule has 1 heterocycles. The molecule has 0 aromatic heterocycles. The van der Waals surface area contributed by atoms with Crippen molar-refractivity contribution in [1.29, 1.82) is 0 Å². The number of carbonyl (C=O) groups is 1. The number of carbonyl (C=O) groups excluding carboxylic acids is 1. The number of hydrogen-bond donors (Lipinski definition) is 3. The summed E-state index contributed by atoms with van der Waals surface area (Å²) >= 11 is 0. The highest BCUT2D eigenvalue weighted by atomic mass is 16.6. The molecule has 1 saturated heterocycles. The molecule has 40 heavy (non-hydrogen) atoms. The summed E-state index contributed by atoms with van der Waals surface area (Å²) in [7, 11) is 0. The van der Waals surface area contributed by atoms with E-state index in [1.165, 1.54) is 24.8 Å². The summed E-state index contributed by atoms with van der Waals surface area (Å²) in [4.78, 5) is 12.3. The van der Waals surface area contributed by atoms with Gasteiger partial charge in [0.15, 0.2) is 0 Å². The highest BCUT2D eigenvalue weighted by Crippen LogP contribution is 2.60. The Morgan fingerprint density at radius 2 is 1.95 bits per heavy atom. The number of fused-ring (bicyclic) bond motifs is 1. The van der Waals surface area contributed by atoms with Crippen LogP contribution in [0.4, 0.5) is 0 Å². The number of esters is 1. The van der Waals surface area contributed by atoms with Gasteiger partial charge in [-0.3, -0.25) is 0 Å². The fraction of sp³-hybridized carbons (Fsp3) is 0.735. The van der Waals surface area contributed by atoms with Crippen LogP contribution in [0.5, 0.6) is 0 Å². The molecule has 3 N–H and O–H groups in total. The summed E-state index contributed by atoms with van der Waals surface area (Å²) in [6.07, 6.45) is 12.6. The molecular formula is C34H52O6. The van der Waals surface area contributed by atoms with Gasteiger partial charge in [0.05, 0.1) is 6.10 Å². The summed E-state index contributed by atoms with van der Waals surface area (Å²) in [5.41, 5.74) is 3.84. The summed E-state index contributed by atoms with van der Waals surface area (Å²) in [6, 6.07) is 0. The lowest BCUT2D eigenvalue weighted by atomic mass is 9.60. The van der Waals surface area contributed by atoms with Crippen molar-refractivity contribution in [2.45, 2.75) is 116 Å². The molecule has 0 aromatic carbocycles. The molecule has 6 heteroatoms. The van der Waals surface area contributed by atoms with Crippen LogP contribution in [0.25, 0.3) is 0 Å². The van der Waals surface area contributed by atoms with Crippen LogP contribution in [-0.2, 0) is 14.3 Å². The zero-order valence-electron chi connectivity index (χ0n) is 24.9. The molecular weight excluding hydrogens is 504 g/mol. The first kappa shape index (κ1) is 31.2. The van der Waals surface area contributed by atoms with Crippen LogP contribution in [0.1, 0.15) is 91.4 Å². The molecule has 6 nitrogen and oxygen atoms in total. The van der Waals surface area contributed by atoms with Gasteiger partial charge in [-0.1, -0.05) is 64.5 Å². The van der Waals surface area contributed by atoms with Crippen LogP contribution < -0.4 is 0 Å². The number of unbranched alkanes of at least 4 members (excludes halogenated alkanes) is 1. The number of ether oxygens (including phenoxy) is 2. The molecule has 9 atom stereocenters. The van der Waals surface area contributed by atoms with Crippen LogP contribution in [0.15, 0.2) is 47.6 Å². The average Bonchev–Trinajstić information content (AvgIpc) is 3.41. The van der Waals surface area contributed by atoms with E-state index in [0.29, 0.717) is 48.3 Å². The molecule has 4 rings (SSSR count). The molecule has 0 bridgehead atoms. The van der Waals surface area contributed by atoms with Crippen LogP contribution in [0.3, 0.4) is 0 Å². The van der Waals surface area contributed by atoms with Gasteiger partial charge < -0.3 is 24.8 Å². The molecule has 3 aliphatic carbocycles. The van der Waals surface area contributed by atoms with Crippen molar-refractivity contribution < 1.29 is 29.6 Å². The molecule has 0 spiro atoms. The minimum absolute atomic E-state index is 0.0154. The average molecular weight is 557 g/mol. The normalized spacial score (nSPS) is 39.1. The van der Waals surface area contributed by atoms with Crippen molar-refractivity contribution in [3.63, 3.8) is 0 Å². The Morgan fingerprint density at radius 3 is 2.67 bits per heavy atom. The number of rotatable bonds is 11. The van der Waals surface area contributed by atoms with Gasteiger partial charge in [0.2, 0.25) is 0 Å². The minimum atomic E-state index is -0.956. The van der Waals surface area contributed by atoms with E-state index in [2.05, 4.69) is 46.1 Å². The van der Waals surface area contributed by atoms with Crippen molar-refractivity contribution in [2.24, 2.45) is 29.1 Å². The van der Waals surface area contributed by atoms with E-state index in [4.69, 9.17) is 14.6 Å². The van der Waals surface area contributed by atoms with E-state index >= 15 is 0 Å². The Labute approximate surface area is 241 Å². The maximum Gasteiger partial charge on any atom is 0.334 e. The van der Waals surface area contributed by atoms with Crippen LogP contribution >= 0.6 is 0 Å². The van der Waals surface area contributed by atoms with E-state index in [0.717, 1.165) is 44.1 Å². The maximum absolute atomic E-state index is 12.3. The Bertz CT molecular complexity index is 996. The first-order valence-corrected chi connectivity index (χ1v) is 15.7. The van der Waals surface area contributed by atoms with Gasteiger partial charge in [-0.2, -0.15) is 0 Å². The van der Waals surface area contributed by atoms with Crippen LogP contribution in [0, 0.1) is 29.1 Å². The highest BCUT2D eigenvalue weighted by molar-refractivity contribution is 5.90. The van der Waals surface area contributed by atoms with Crippen molar-refractivity contribution in [1.82, 2.24) is 0 Å². The fourth-order valence-corrected chi connectivity index (χ4v) is 8.35. The summed E-state index contributed by atoms with van der Waals surface area (Å²) in [5.74, 6) is 1.52. The molecule has 3 saturated carbocycles. The Balaban J connectivity index is 1.44. The number of hydrogen-bond acceptors (Lipinski definition) is 6. The van der Waals surface area contributed by atoms with E-state index < -0.39 is 18.3 Å². The number of cyclic esters (lactones) is 1. The number of aliphatic hydroxyl groups is 3. The Morgan fingerprint density at radius 1 is 1.18 bits per heavy atom. The quantitative estimate of drug-likeness (QED) is 0.169.